The molecule has 120 valence electrons. The van der Waals surface area contributed by atoms with Crippen LogP contribution in [-0.4, -0.2) is 37.1 Å². The zero-order valence-electron chi connectivity index (χ0n) is 13.0. The Morgan fingerprint density at radius 1 is 0.826 bits per heavy atom. The molecule has 0 spiro atoms. The smallest absolute Gasteiger partial charge is 0.0825 e. The Balaban J connectivity index is 1.38. The van der Waals surface area contributed by atoms with Gasteiger partial charge in [0.25, 0.3) is 0 Å². The molecular formula is C19H20Cl2N2. The summed E-state index contributed by atoms with van der Waals surface area (Å²) in [4.78, 5) is 4.98. The molecule has 0 N–H and O–H groups in total. The molecule has 2 aliphatic rings. The monoisotopic (exact) mass is 346 g/mol. The largest absolute Gasteiger partial charge is 0.368 e. The number of hydrogen-bond acceptors (Lipinski definition) is 2. The summed E-state index contributed by atoms with van der Waals surface area (Å²) >= 11 is 12.5. The first-order valence-corrected chi connectivity index (χ1v) is 8.97. The quantitative estimate of drug-likeness (QED) is 0.796. The second-order valence-corrected chi connectivity index (χ2v) is 7.20. The Morgan fingerprint density at radius 3 is 2.30 bits per heavy atom. The van der Waals surface area contributed by atoms with Crippen molar-refractivity contribution in [3.8, 4) is 0 Å². The van der Waals surface area contributed by atoms with E-state index in [0.29, 0.717) is 10.0 Å². The summed E-state index contributed by atoms with van der Waals surface area (Å²) in [5.41, 5.74) is 2.55. The number of halogens is 2. The fourth-order valence-corrected chi connectivity index (χ4v) is 4.09. The van der Waals surface area contributed by atoms with Crippen LogP contribution in [0.3, 0.4) is 0 Å². The third-order valence-corrected chi connectivity index (χ3v) is 5.85. The van der Waals surface area contributed by atoms with E-state index in [4.69, 9.17) is 23.2 Å². The summed E-state index contributed by atoms with van der Waals surface area (Å²) in [5, 5.41) is 1.31. The molecule has 0 unspecified atom stereocenters. The van der Waals surface area contributed by atoms with E-state index in [2.05, 4.69) is 46.2 Å². The molecule has 4 heteroatoms. The van der Waals surface area contributed by atoms with Crippen molar-refractivity contribution in [1.29, 1.82) is 0 Å². The van der Waals surface area contributed by atoms with Crippen molar-refractivity contribution in [2.24, 2.45) is 0 Å². The molecule has 2 aromatic carbocycles. The predicted molar refractivity (Wildman–Crippen MR) is 97.8 cm³/mol. The summed E-state index contributed by atoms with van der Waals surface area (Å²) in [5.74, 6) is 0.720. The Hall–Kier alpha value is -1.22. The summed E-state index contributed by atoms with van der Waals surface area (Å²) in [6.45, 7) is 4.21. The summed E-state index contributed by atoms with van der Waals surface area (Å²) in [7, 11) is 0. The molecule has 0 aromatic heterocycles. The molecule has 1 aliphatic heterocycles. The van der Waals surface area contributed by atoms with Crippen molar-refractivity contribution >= 4 is 28.9 Å². The van der Waals surface area contributed by atoms with Crippen LogP contribution in [0.4, 0.5) is 5.69 Å². The second-order valence-electron chi connectivity index (χ2n) is 6.42. The van der Waals surface area contributed by atoms with Gasteiger partial charge in [0.05, 0.1) is 15.7 Å². The fraction of sp³-hybridized carbons (Fsp3) is 0.368. The van der Waals surface area contributed by atoms with Gasteiger partial charge in [-0.25, -0.2) is 0 Å². The maximum atomic E-state index is 6.35. The van der Waals surface area contributed by atoms with Crippen LogP contribution in [0.2, 0.25) is 10.0 Å². The van der Waals surface area contributed by atoms with E-state index >= 15 is 0 Å². The van der Waals surface area contributed by atoms with E-state index in [1.807, 2.05) is 12.1 Å². The standard InChI is InChI=1S/C19H20Cl2N2/c20-16-7-4-8-17(19(16)21)22-9-11-23(12-10-22)18-13-15(18)14-5-2-1-3-6-14/h1-8,15,18H,9-13H2/t15-,18+/m0/s1. The summed E-state index contributed by atoms with van der Waals surface area (Å²) in [6, 6.07) is 17.5. The van der Waals surface area contributed by atoms with Gasteiger partial charge in [-0.2, -0.15) is 0 Å². The Bertz CT molecular complexity index is 681. The fourth-order valence-electron chi connectivity index (χ4n) is 3.67. The highest BCUT2D eigenvalue weighted by atomic mass is 35.5. The summed E-state index contributed by atoms with van der Waals surface area (Å²) in [6.07, 6.45) is 1.29. The average Bonchev–Trinajstić information content (AvgIpc) is 3.39. The van der Waals surface area contributed by atoms with Crippen molar-refractivity contribution in [3.63, 3.8) is 0 Å². The topological polar surface area (TPSA) is 6.48 Å². The third kappa shape index (κ3) is 3.08. The van der Waals surface area contributed by atoms with Crippen LogP contribution < -0.4 is 4.90 Å². The minimum atomic E-state index is 0.637. The van der Waals surface area contributed by atoms with E-state index in [1.54, 1.807) is 0 Å². The van der Waals surface area contributed by atoms with Crippen molar-refractivity contribution < 1.29 is 0 Å². The van der Waals surface area contributed by atoms with Crippen LogP contribution in [0.25, 0.3) is 0 Å². The third-order valence-electron chi connectivity index (χ3n) is 5.04. The first kappa shape index (κ1) is 15.3. The zero-order chi connectivity index (χ0) is 15.8. The van der Waals surface area contributed by atoms with Gasteiger partial charge >= 0.3 is 0 Å². The lowest BCUT2D eigenvalue weighted by Gasteiger charge is -2.37. The molecule has 0 bridgehead atoms. The van der Waals surface area contributed by atoms with Gasteiger partial charge in [0, 0.05) is 38.1 Å². The highest BCUT2D eigenvalue weighted by molar-refractivity contribution is 6.43. The molecule has 2 nitrogen and oxygen atoms in total. The van der Waals surface area contributed by atoms with Gasteiger partial charge in [0.1, 0.15) is 0 Å². The van der Waals surface area contributed by atoms with E-state index in [1.165, 1.54) is 12.0 Å². The molecule has 1 saturated heterocycles. The van der Waals surface area contributed by atoms with E-state index < -0.39 is 0 Å². The maximum Gasteiger partial charge on any atom is 0.0825 e. The van der Waals surface area contributed by atoms with Crippen molar-refractivity contribution in [2.75, 3.05) is 31.1 Å². The Kier molecular flexibility index (Phi) is 4.23. The second kappa shape index (κ2) is 6.35. The van der Waals surface area contributed by atoms with Gasteiger partial charge in [-0.3, -0.25) is 4.90 Å². The first-order valence-electron chi connectivity index (χ1n) is 8.22. The number of nitrogens with zero attached hydrogens (tertiary/aromatic N) is 2. The predicted octanol–water partition coefficient (Wildman–Crippen LogP) is 4.67. The summed E-state index contributed by atoms with van der Waals surface area (Å²) < 4.78 is 0. The van der Waals surface area contributed by atoms with Crippen LogP contribution in [0, 0.1) is 0 Å². The SMILES string of the molecule is Clc1cccc(N2CCN([C@@H]3C[C@H]3c3ccccc3)CC2)c1Cl. The molecular weight excluding hydrogens is 327 g/mol. The molecule has 1 heterocycles. The Morgan fingerprint density at radius 2 is 1.57 bits per heavy atom. The molecule has 4 rings (SSSR count). The van der Waals surface area contributed by atoms with Crippen LogP contribution in [-0.2, 0) is 0 Å². The number of rotatable bonds is 3. The van der Waals surface area contributed by atoms with E-state index in [9.17, 15) is 0 Å². The lowest BCUT2D eigenvalue weighted by molar-refractivity contribution is 0.244. The minimum absolute atomic E-state index is 0.637. The molecule has 0 amide bonds. The van der Waals surface area contributed by atoms with Gasteiger partial charge in [0.2, 0.25) is 0 Å². The van der Waals surface area contributed by atoms with E-state index in [0.717, 1.165) is 43.8 Å². The highest BCUT2D eigenvalue weighted by Gasteiger charge is 2.43. The molecule has 2 fully saturated rings. The van der Waals surface area contributed by atoms with Gasteiger partial charge in [-0.05, 0) is 24.1 Å². The highest BCUT2D eigenvalue weighted by Crippen LogP contribution is 2.45. The minimum Gasteiger partial charge on any atom is -0.368 e. The van der Waals surface area contributed by atoms with Gasteiger partial charge in [-0.15, -0.1) is 0 Å². The first-order chi connectivity index (χ1) is 11.2. The number of anilines is 1. The van der Waals surface area contributed by atoms with E-state index in [-0.39, 0.29) is 0 Å². The Labute approximate surface area is 147 Å². The normalized spacial score (nSPS) is 24.7. The van der Waals surface area contributed by atoms with Crippen LogP contribution in [0.15, 0.2) is 48.5 Å². The maximum absolute atomic E-state index is 6.35. The number of benzene rings is 2. The molecule has 2 aromatic rings. The molecule has 2 atom stereocenters. The van der Waals surface area contributed by atoms with Gasteiger partial charge in [0.15, 0.2) is 0 Å². The molecule has 23 heavy (non-hydrogen) atoms. The molecule has 0 radical (unpaired) electrons. The van der Waals surface area contributed by atoms with Crippen LogP contribution in [0.5, 0.6) is 0 Å². The number of hydrogen-bond donors (Lipinski definition) is 0. The zero-order valence-corrected chi connectivity index (χ0v) is 14.5. The van der Waals surface area contributed by atoms with Crippen molar-refractivity contribution in [1.82, 2.24) is 4.90 Å². The van der Waals surface area contributed by atoms with Crippen LogP contribution >= 0.6 is 23.2 Å². The molecule has 1 saturated carbocycles. The lowest BCUT2D eigenvalue weighted by atomic mass is 10.1. The van der Waals surface area contributed by atoms with Crippen LogP contribution in [0.1, 0.15) is 17.9 Å². The van der Waals surface area contributed by atoms with Crippen molar-refractivity contribution in [2.45, 2.75) is 18.4 Å². The molecule has 1 aliphatic carbocycles. The van der Waals surface area contributed by atoms with Gasteiger partial charge < -0.3 is 4.90 Å². The number of piperazine rings is 1. The van der Waals surface area contributed by atoms with Gasteiger partial charge in [-0.1, -0.05) is 59.6 Å². The lowest BCUT2D eigenvalue weighted by Crippen LogP contribution is -2.47. The average molecular weight is 347 g/mol. The van der Waals surface area contributed by atoms with Crippen molar-refractivity contribution in [3.05, 3.63) is 64.1 Å².